The SMILES string of the molecule is CC#CCN1CCn2nccc21. The van der Waals surface area contributed by atoms with E-state index in [1.807, 2.05) is 23.9 Å². The Bertz CT molecular complexity index is 329. The molecule has 2 heterocycles. The Hall–Kier alpha value is -1.43. The largest absolute Gasteiger partial charge is 0.344 e. The maximum atomic E-state index is 4.18. The number of hydrogen-bond donors (Lipinski definition) is 0. The van der Waals surface area contributed by atoms with Crippen LogP contribution in [0.5, 0.6) is 0 Å². The summed E-state index contributed by atoms with van der Waals surface area (Å²) >= 11 is 0. The monoisotopic (exact) mass is 161 g/mol. The minimum Gasteiger partial charge on any atom is -0.344 e. The van der Waals surface area contributed by atoms with Crippen LogP contribution in [0.4, 0.5) is 5.82 Å². The molecule has 3 nitrogen and oxygen atoms in total. The first-order valence-corrected chi connectivity index (χ1v) is 4.08. The minimum atomic E-state index is 0.822. The van der Waals surface area contributed by atoms with Crippen molar-refractivity contribution in [2.75, 3.05) is 18.0 Å². The zero-order chi connectivity index (χ0) is 8.39. The summed E-state index contributed by atoms with van der Waals surface area (Å²) in [5, 5.41) is 4.18. The van der Waals surface area contributed by atoms with Gasteiger partial charge in [-0.2, -0.15) is 5.10 Å². The van der Waals surface area contributed by atoms with Gasteiger partial charge >= 0.3 is 0 Å². The molecule has 1 aliphatic heterocycles. The van der Waals surface area contributed by atoms with E-state index in [9.17, 15) is 0 Å². The third-order valence-electron chi connectivity index (χ3n) is 2.05. The van der Waals surface area contributed by atoms with Gasteiger partial charge in [-0.3, -0.25) is 0 Å². The number of nitrogens with zero attached hydrogens (tertiary/aromatic N) is 3. The van der Waals surface area contributed by atoms with E-state index < -0.39 is 0 Å². The van der Waals surface area contributed by atoms with Crippen LogP contribution in [0.1, 0.15) is 6.92 Å². The third kappa shape index (κ3) is 1.06. The van der Waals surface area contributed by atoms with Crippen molar-refractivity contribution < 1.29 is 0 Å². The van der Waals surface area contributed by atoms with Crippen LogP contribution in [0.3, 0.4) is 0 Å². The second-order valence-electron chi connectivity index (χ2n) is 2.76. The van der Waals surface area contributed by atoms with Gasteiger partial charge in [-0.25, -0.2) is 4.68 Å². The summed E-state index contributed by atoms with van der Waals surface area (Å²) in [4.78, 5) is 2.24. The smallest absolute Gasteiger partial charge is 0.127 e. The molecular formula is C9H11N3. The molecule has 1 aromatic rings. The molecule has 0 saturated heterocycles. The van der Waals surface area contributed by atoms with E-state index in [1.165, 1.54) is 5.82 Å². The highest BCUT2D eigenvalue weighted by molar-refractivity contribution is 5.42. The summed E-state index contributed by atoms with van der Waals surface area (Å²) in [6, 6.07) is 2.03. The molecular weight excluding hydrogens is 150 g/mol. The summed E-state index contributed by atoms with van der Waals surface area (Å²) in [5.74, 6) is 7.14. The van der Waals surface area contributed by atoms with Crippen molar-refractivity contribution >= 4 is 5.82 Å². The fraction of sp³-hybridized carbons (Fsp3) is 0.444. The van der Waals surface area contributed by atoms with Gasteiger partial charge in [-0.15, -0.1) is 5.92 Å². The number of aromatic nitrogens is 2. The molecule has 0 unspecified atom stereocenters. The maximum Gasteiger partial charge on any atom is 0.127 e. The van der Waals surface area contributed by atoms with E-state index in [1.54, 1.807) is 0 Å². The van der Waals surface area contributed by atoms with E-state index in [-0.39, 0.29) is 0 Å². The third-order valence-corrected chi connectivity index (χ3v) is 2.05. The van der Waals surface area contributed by atoms with E-state index in [2.05, 4.69) is 21.8 Å². The van der Waals surface area contributed by atoms with Gasteiger partial charge in [-0.1, -0.05) is 5.92 Å². The average Bonchev–Trinajstić information content (AvgIpc) is 2.62. The van der Waals surface area contributed by atoms with Crippen molar-refractivity contribution in [3.8, 4) is 11.8 Å². The van der Waals surface area contributed by atoms with E-state index in [0.29, 0.717) is 0 Å². The van der Waals surface area contributed by atoms with Crippen molar-refractivity contribution in [2.24, 2.45) is 0 Å². The second-order valence-corrected chi connectivity index (χ2v) is 2.76. The fourth-order valence-corrected chi connectivity index (χ4v) is 1.43. The molecule has 0 radical (unpaired) electrons. The van der Waals surface area contributed by atoms with E-state index >= 15 is 0 Å². The number of hydrogen-bond acceptors (Lipinski definition) is 2. The Morgan fingerprint density at radius 3 is 3.33 bits per heavy atom. The topological polar surface area (TPSA) is 21.1 Å². The standard InChI is InChI=1S/C9H11N3/c1-2-3-6-11-7-8-12-9(11)4-5-10-12/h4-5H,6-8H2,1H3. The molecule has 62 valence electrons. The lowest BCUT2D eigenvalue weighted by molar-refractivity contribution is 0.690. The maximum absolute atomic E-state index is 4.18. The Morgan fingerprint density at radius 1 is 1.58 bits per heavy atom. The van der Waals surface area contributed by atoms with Crippen molar-refractivity contribution in [1.82, 2.24) is 9.78 Å². The molecule has 0 amide bonds. The van der Waals surface area contributed by atoms with Gasteiger partial charge in [0.05, 0.1) is 19.3 Å². The lowest BCUT2D eigenvalue weighted by atomic mass is 10.5. The Kier molecular flexibility index (Phi) is 1.75. The van der Waals surface area contributed by atoms with Crippen LogP contribution in [-0.4, -0.2) is 22.9 Å². The molecule has 0 aromatic carbocycles. The molecule has 12 heavy (non-hydrogen) atoms. The predicted octanol–water partition coefficient (Wildman–Crippen LogP) is 0.726. The van der Waals surface area contributed by atoms with Crippen LogP contribution in [0, 0.1) is 11.8 Å². The molecule has 0 N–H and O–H groups in total. The van der Waals surface area contributed by atoms with Crippen molar-refractivity contribution in [3.63, 3.8) is 0 Å². The molecule has 3 heteroatoms. The molecule has 0 spiro atoms. The van der Waals surface area contributed by atoms with Gasteiger partial charge in [0, 0.05) is 12.6 Å². The number of anilines is 1. The van der Waals surface area contributed by atoms with Gasteiger partial charge in [0.1, 0.15) is 5.82 Å². The summed E-state index contributed by atoms with van der Waals surface area (Å²) < 4.78 is 2.01. The summed E-state index contributed by atoms with van der Waals surface area (Å²) in [6.07, 6.45) is 1.83. The second kappa shape index (κ2) is 2.90. The zero-order valence-electron chi connectivity index (χ0n) is 7.12. The van der Waals surface area contributed by atoms with Crippen molar-refractivity contribution in [2.45, 2.75) is 13.5 Å². The van der Waals surface area contributed by atoms with Crippen molar-refractivity contribution in [3.05, 3.63) is 12.3 Å². The highest BCUT2D eigenvalue weighted by Crippen LogP contribution is 2.18. The average molecular weight is 161 g/mol. The van der Waals surface area contributed by atoms with Gasteiger partial charge in [0.15, 0.2) is 0 Å². The fourth-order valence-electron chi connectivity index (χ4n) is 1.43. The van der Waals surface area contributed by atoms with Crippen LogP contribution in [0.25, 0.3) is 0 Å². The number of fused-ring (bicyclic) bond motifs is 1. The molecule has 0 fully saturated rings. The van der Waals surface area contributed by atoms with Gasteiger partial charge in [-0.05, 0) is 6.92 Å². The van der Waals surface area contributed by atoms with E-state index in [4.69, 9.17) is 0 Å². The predicted molar refractivity (Wildman–Crippen MR) is 47.9 cm³/mol. The number of rotatable bonds is 1. The highest BCUT2D eigenvalue weighted by Gasteiger charge is 2.17. The summed E-state index contributed by atoms with van der Waals surface area (Å²) in [5.41, 5.74) is 0. The van der Waals surface area contributed by atoms with Gasteiger partial charge in [0.2, 0.25) is 0 Å². The minimum absolute atomic E-state index is 0.822. The normalized spacial score (nSPS) is 13.9. The zero-order valence-corrected chi connectivity index (χ0v) is 7.12. The van der Waals surface area contributed by atoms with Crippen LogP contribution in [0.2, 0.25) is 0 Å². The molecule has 0 aliphatic carbocycles. The summed E-state index contributed by atoms with van der Waals surface area (Å²) in [7, 11) is 0. The first-order valence-electron chi connectivity index (χ1n) is 4.08. The van der Waals surface area contributed by atoms with Crippen LogP contribution < -0.4 is 4.90 Å². The lowest BCUT2D eigenvalue weighted by Gasteiger charge is -2.11. The molecule has 0 atom stereocenters. The molecule has 1 aliphatic rings. The Morgan fingerprint density at radius 2 is 2.50 bits per heavy atom. The van der Waals surface area contributed by atoms with Crippen LogP contribution >= 0.6 is 0 Å². The highest BCUT2D eigenvalue weighted by atomic mass is 15.4. The van der Waals surface area contributed by atoms with Crippen LogP contribution in [-0.2, 0) is 6.54 Å². The van der Waals surface area contributed by atoms with Gasteiger partial charge < -0.3 is 4.90 Å². The first kappa shape index (κ1) is 7.23. The van der Waals surface area contributed by atoms with Gasteiger partial charge in [0.25, 0.3) is 0 Å². The summed E-state index contributed by atoms with van der Waals surface area (Å²) in [6.45, 7) is 4.72. The molecule has 0 bridgehead atoms. The molecule has 1 aromatic heterocycles. The first-order chi connectivity index (χ1) is 5.92. The lowest BCUT2D eigenvalue weighted by Crippen LogP contribution is -2.20. The van der Waals surface area contributed by atoms with Crippen LogP contribution in [0.15, 0.2) is 12.3 Å². The quantitative estimate of drug-likeness (QED) is 0.566. The van der Waals surface area contributed by atoms with E-state index in [0.717, 1.165) is 19.6 Å². The molecule has 2 rings (SSSR count). The Labute approximate surface area is 72.0 Å². The van der Waals surface area contributed by atoms with Crippen molar-refractivity contribution in [1.29, 1.82) is 0 Å². The molecule has 0 saturated carbocycles. The Balaban J connectivity index is 2.15.